The molecule has 0 saturated carbocycles. The van der Waals surface area contributed by atoms with Crippen LogP contribution in [0.4, 0.5) is 0 Å². The predicted octanol–water partition coefficient (Wildman–Crippen LogP) is 1.86. The van der Waals surface area contributed by atoms with E-state index in [2.05, 4.69) is 4.57 Å². The van der Waals surface area contributed by atoms with E-state index in [1.165, 1.54) is 6.07 Å². The molecule has 1 amide bonds. The molecule has 0 bridgehead atoms. The van der Waals surface area contributed by atoms with E-state index in [4.69, 9.17) is 4.74 Å². The van der Waals surface area contributed by atoms with Crippen molar-refractivity contribution < 1.29 is 14.6 Å². The number of phenols is 1. The third-order valence-electron chi connectivity index (χ3n) is 3.81. The number of aromatic nitrogens is 1. The predicted molar refractivity (Wildman–Crippen MR) is 78.1 cm³/mol. The Hall–Kier alpha value is -2.27. The number of nitrogens with zero attached hydrogens (tertiary/aromatic N) is 2. The van der Waals surface area contributed by atoms with E-state index in [1.807, 2.05) is 18.3 Å². The topological polar surface area (TPSA) is 54.7 Å². The minimum atomic E-state index is -0.0948. The van der Waals surface area contributed by atoms with Crippen LogP contribution in [-0.4, -0.2) is 40.2 Å². The van der Waals surface area contributed by atoms with E-state index in [-0.39, 0.29) is 17.8 Å². The van der Waals surface area contributed by atoms with Crippen molar-refractivity contribution in [2.24, 2.45) is 0 Å². The van der Waals surface area contributed by atoms with Crippen LogP contribution in [0.1, 0.15) is 16.1 Å². The van der Waals surface area contributed by atoms with Gasteiger partial charge in [0.2, 0.25) is 0 Å². The van der Waals surface area contributed by atoms with Gasteiger partial charge in [0.05, 0.1) is 19.2 Å². The van der Waals surface area contributed by atoms with Crippen molar-refractivity contribution in [3.8, 4) is 5.75 Å². The van der Waals surface area contributed by atoms with Gasteiger partial charge in [-0.15, -0.1) is 0 Å². The van der Waals surface area contributed by atoms with Gasteiger partial charge in [-0.3, -0.25) is 4.79 Å². The summed E-state index contributed by atoms with van der Waals surface area (Å²) >= 11 is 0. The third kappa shape index (κ3) is 2.78. The molecular formula is C16H18N2O3. The quantitative estimate of drug-likeness (QED) is 0.917. The molecule has 5 nitrogen and oxygen atoms in total. The first-order valence-electron chi connectivity index (χ1n) is 6.92. The molecule has 1 aromatic carbocycles. The van der Waals surface area contributed by atoms with Crippen molar-refractivity contribution in [1.82, 2.24) is 9.47 Å². The van der Waals surface area contributed by atoms with Crippen LogP contribution in [0.25, 0.3) is 0 Å². The standard InChI is InChI=1S/C16H18N2O3/c1-21-15-10-17-7-3-5-13(17)9-18(11-15)16(20)12-4-2-6-14(19)8-12/h2-8,15,19H,9-11H2,1H3/t15-/m1/s1. The average molecular weight is 286 g/mol. The summed E-state index contributed by atoms with van der Waals surface area (Å²) < 4.78 is 7.59. The Balaban J connectivity index is 1.88. The van der Waals surface area contributed by atoms with E-state index in [0.29, 0.717) is 18.7 Å². The second-order valence-corrected chi connectivity index (χ2v) is 5.25. The van der Waals surface area contributed by atoms with E-state index in [0.717, 1.165) is 12.2 Å². The van der Waals surface area contributed by atoms with E-state index < -0.39 is 0 Å². The molecule has 3 rings (SSSR count). The summed E-state index contributed by atoms with van der Waals surface area (Å²) in [6.07, 6.45) is 1.96. The van der Waals surface area contributed by atoms with Crippen LogP contribution in [0.3, 0.4) is 0 Å². The van der Waals surface area contributed by atoms with Crippen LogP contribution >= 0.6 is 0 Å². The van der Waals surface area contributed by atoms with Gasteiger partial charge in [0.15, 0.2) is 0 Å². The monoisotopic (exact) mass is 286 g/mol. The van der Waals surface area contributed by atoms with Crippen LogP contribution in [0.15, 0.2) is 42.6 Å². The maximum absolute atomic E-state index is 12.6. The number of carbonyl (C=O) groups excluding carboxylic acids is 1. The normalized spacial score (nSPS) is 18.1. The molecule has 1 N–H and O–H groups in total. The molecular weight excluding hydrogens is 268 g/mol. The summed E-state index contributed by atoms with van der Waals surface area (Å²) in [5.74, 6) is 0.00457. The summed E-state index contributed by atoms with van der Waals surface area (Å²) in [5.41, 5.74) is 1.58. The minimum Gasteiger partial charge on any atom is -0.508 e. The number of aromatic hydroxyl groups is 1. The van der Waals surface area contributed by atoms with Crippen molar-refractivity contribution in [2.75, 3.05) is 13.7 Å². The molecule has 0 saturated heterocycles. The Labute approximate surface area is 123 Å². The second kappa shape index (κ2) is 5.61. The van der Waals surface area contributed by atoms with Gasteiger partial charge in [0, 0.05) is 31.1 Å². The fourth-order valence-electron chi connectivity index (χ4n) is 2.68. The van der Waals surface area contributed by atoms with Crippen molar-refractivity contribution >= 4 is 5.91 Å². The van der Waals surface area contributed by atoms with Gasteiger partial charge in [-0.2, -0.15) is 0 Å². The Morgan fingerprint density at radius 3 is 2.90 bits per heavy atom. The summed E-state index contributed by atoms with van der Waals surface area (Å²) in [4.78, 5) is 14.4. The van der Waals surface area contributed by atoms with Crippen molar-refractivity contribution in [1.29, 1.82) is 0 Å². The molecule has 1 aliphatic rings. The maximum atomic E-state index is 12.6. The highest BCUT2D eigenvalue weighted by atomic mass is 16.5. The number of hydrogen-bond donors (Lipinski definition) is 1. The van der Waals surface area contributed by atoms with Gasteiger partial charge in [-0.1, -0.05) is 6.07 Å². The van der Waals surface area contributed by atoms with Crippen LogP contribution in [0.5, 0.6) is 5.75 Å². The second-order valence-electron chi connectivity index (χ2n) is 5.25. The van der Waals surface area contributed by atoms with Crippen LogP contribution in [0, 0.1) is 0 Å². The van der Waals surface area contributed by atoms with Gasteiger partial charge in [0.25, 0.3) is 5.91 Å². The number of methoxy groups -OCH3 is 1. The van der Waals surface area contributed by atoms with Crippen LogP contribution in [0.2, 0.25) is 0 Å². The lowest BCUT2D eigenvalue weighted by Crippen LogP contribution is -2.36. The molecule has 0 aliphatic carbocycles. The molecule has 0 radical (unpaired) electrons. The number of amides is 1. The molecule has 1 atom stereocenters. The average Bonchev–Trinajstić information content (AvgIpc) is 2.84. The lowest BCUT2D eigenvalue weighted by Gasteiger charge is -2.23. The largest absolute Gasteiger partial charge is 0.508 e. The summed E-state index contributed by atoms with van der Waals surface area (Å²) in [6, 6.07) is 10.4. The molecule has 2 aromatic rings. The fourth-order valence-corrected chi connectivity index (χ4v) is 2.68. The maximum Gasteiger partial charge on any atom is 0.254 e. The molecule has 1 aromatic heterocycles. The first kappa shape index (κ1) is 13.7. The Morgan fingerprint density at radius 2 is 2.14 bits per heavy atom. The number of fused-ring (bicyclic) bond motifs is 1. The highest BCUT2D eigenvalue weighted by molar-refractivity contribution is 5.94. The van der Waals surface area contributed by atoms with Gasteiger partial charge >= 0.3 is 0 Å². The SMILES string of the molecule is CO[C@H]1CN(C(=O)c2cccc(O)c2)Cc2cccn2C1. The van der Waals surface area contributed by atoms with Crippen molar-refractivity contribution in [3.63, 3.8) is 0 Å². The van der Waals surface area contributed by atoms with Gasteiger partial charge in [-0.25, -0.2) is 0 Å². The summed E-state index contributed by atoms with van der Waals surface area (Å²) in [6.45, 7) is 1.82. The van der Waals surface area contributed by atoms with E-state index in [9.17, 15) is 9.90 Å². The number of rotatable bonds is 2. The van der Waals surface area contributed by atoms with Gasteiger partial charge in [-0.05, 0) is 30.3 Å². The number of ether oxygens (including phenoxy) is 1. The van der Waals surface area contributed by atoms with Crippen molar-refractivity contribution in [2.45, 2.75) is 19.2 Å². The van der Waals surface area contributed by atoms with Gasteiger partial charge in [0.1, 0.15) is 5.75 Å². The molecule has 0 unspecified atom stereocenters. The summed E-state index contributed by atoms with van der Waals surface area (Å²) in [7, 11) is 1.66. The minimum absolute atomic E-state index is 0.0418. The number of hydrogen-bond acceptors (Lipinski definition) is 3. The zero-order valence-electron chi connectivity index (χ0n) is 11.9. The molecule has 110 valence electrons. The Kier molecular flexibility index (Phi) is 3.66. The molecule has 0 spiro atoms. The van der Waals surface area contributed by atoms with Crippen molar-refractivity contribution in [3.05, 3.63) is 53.9 Å². The Morgan fingerprint density at radius 1 is 1.29 bits per heavy atom. The molecule has 1 aliphatic heterocycles. The highest BCUT2D eigenvalue weighted by Gasteiger charge is 2.25. The lowest BCUT2D eigenvalue weighted by atomic mass is 10.1. The zero-order valence-corrected chi connectivity index (χ0v) is 11.9. The lowest BCUT2D eigenvalue weighted by molar-refractivity contribution is 0.0459. The molecule has 0 fully saturated rings. The first-order valence-corrected chi connectivity index (χ1v) is 6.92. The van der Waals surface area contributed by atoms with E-state index in [1.54, 1.807) is 30.2 Å². The van der Waals surface area contributed by atoms with Crippen LogP contribution in [-0.2, 0) is 17.8 Å². The molecule has 2 heterocycles. The number of phenolic OH excluding ortho intramolecular Hbond substituents is 1. The van der Waals surface area contributed by atoms with E-state index >= 15 is 0 Å². The molecule has 5 heteroatoms. The zero-order chi connectivity index (χ0) is 14.8. The smallest absolute Gasteiger partial charge is 0.254 e. The first-order chi connectivity index (χ1) is 10.2. The number of carbonyl (C=O) groups is 1. The summed E-state index contributed by atoms with van der Waals surface area (Å²) in [5, 5.41) is 9.54. The van der Waals surface area contributed by atoms with Crippen LogP contribution < -0.4 is 0 Å². The number of benzene rings is 1. The Bertz CT molecular complexity index is 650. The molecule has 21 heavy (non-hydrogen) atoms. The van der Waals surface area contributed by atoms with Gasteiger partial charge < -0.3 is 19.3 Å². The highest BCUT2D eigenvalue weighted by Crippen LogP contribution is 2.19. The fraction of sp³-hybridized carbons (Fsp3) is 0.312. The third-order valence-corrected chi connectivity index (χ3v) is 3.81.